The lowest BCUT2D eigenvalue weighted by atomic mass is 10.0. The molecule has 15 nitrogen and oxygen atoms in total. The van der Waals surface area contributed by atoms with Gasteiger partial charge in [0, 0.05) is 71.3 Å². The Hall–Kier alpha value is -6.39. The molecule has 2 N–H and O–H groups in total. The Labute approximate surface area is 411 Å². The van der Waals surface area contributed by atoms with E-state index in [2.05, 4.69) is 36.5 Å². The summed E-state index contributed by atoms with van der Waals surface area (Å²) >= 11 is 0. The molecule has 0 radical (unpaired) electrons. The Kier molecular flexibility index (Phi) is 15.8. The summed E-state index contributed by atoms with van der Waals surface area (Å²) in [5.74, 6) is -0.727. The first-order chi connectivity index (χ1) is 33.7. The van der Waals surface area contributed by atoms with Gasteiger partial charge >= 0.3 is 0 Å². The topological polar surface area (TPSA) is 174 Å². The smallest absolute Gasteiger partial charge is 0.262 e. The Balaban J connectivity index is 0.708. The molecular weight excluding hydrogens is 905 g/mol. The van der Waals surface area contributed by atoms with Crippen molar-refractivity contribution >= 4 is 62.0 Å². The minimum atomic E-state index is -3.80. The number of amides is 5. The first-order valence-electron chi connectivity index (χ1n) is 24.9. The summed E-state index contributed by atoms with van der Waals surface area (Å²) in [5, 5.41) is 3.10. The summed E-state index contributed by atoms with van der Waals surface area (Å²) in [7, 11) is -2.42. The predicted octanol–water partition coefficient (Wildman–Crippen LogP) is 7.55. The third-order valence-corrected chi connectivity index (χ3v) is 15.7. The molecule has 5 aromatic rings. The second-order valence-electron chi connectivity index (χ2n) is 19.2. The van der Waals surface area contributed by atoms with Crippen LogP contribution in [0.4, 0.5) is 11.4 Å². The maximum atomic E-state index is 13.5. The quantitative estimate of drug-likeness (QED) is 0.0552. The number of piperazine rings is 1. The molecule has 4 heterocycles. The summed E-state index contributed by atoms with van der Waals surface area (Å²) in [4.78, 5) is 76.0. The van der Waals surface area contributed by atoms with Crippen LogP contribution in [-0.4, -0.2) is 115 Å². The fourth-order valence-electron chi connectivity index (χ4n) is 10.3. The highest BCUT2D eigenvalue weighted by Crippen LogP contribution is 2.33. The molecule has 0 bridgehead atoms. The number of nitrogens with one attached hydrogen (secondary N) is 2. The van der Waals surface area contributed by atoms with Crippen molar-refractivity contribution in [3.63, 3.8) is 0 Å². The number of piperidine rings is 1. The molecule has 16 heteroatoms. The normalized spacial score (nSPS) is 16.7. The number of carbonyl (C=O) groups excluding carboxylic acids is 5. The molecule has 2 fully saturated rings. The zero-order valence-corrected chi connectivity index (χ0v) is 41.8. The highest BCUT2D eigenvalue weighted by Gasteiger charge is 2.46. The van der Waals surface area contributed by atoms with Crippen molar-refractivity contribution in [2.45, 2.75) is 115 Å². The van der Waals surface area contributed by atoms with Crippen LogP contribution in [0.3, 0.4) is 0 Å². The number of fused-ring (bicyclic) bond motifs is 2. The van der Waals surface area contributed by atoms with E-state index in [9.17, 15) is 32.4 Å². The average Bonchev–Trinajstić information content (AvgIpc) is 3.79. The van der Waals surface area contributed by atoms with Gasteiger partial charge < -0.3 is 14.8 Å². The highest BCUT2D eigenvalue weighted by molar-refractivity contribution is 7.92. The van der Waals surface area contributed by atoms with Gasteiger partial charge in [-0.15, -0.1) is 0 Å². The molecular formula is C54H66N8O7S. The van der Waals surface area contributed by atoms with Gasteiger partial charge in [0.2, 0.25) is 11.8 Å². The van der Waals surface area contributed by atoms with E-state index in [1.165, 1.54) is 12.6 Å². The summed E-state index contributed by atoms with van der Waals surface area (Å²) in [6.45, 7) is 11.2. The van der Waals surface area contributed by atoms with Crippen LogP contribution in [0.15, 0.2) is 83.8 Å². The first kappa shape index (κ1) is 50.0. The number of sulfonamides is 1. The number of unbranched alkanes of at least 4 members (excludes halogenated alkanes) is 6. The molecule has 1 aromatic heterocycles. The number of aryl methyl sites for hydroxylation is 4. The van der Waals surface area contributed by atoms with E-state index < -0.39 is 33.8 Å². The van der Waals surface area contributed by atoms with Gasteiger partial charge in [-0.3, -0.25) is 43.4 Å². The second kappa shape index (κ2) is 22.1. The number of hydrogen-bond acceptors (Lipinski definition) is 10. The van der Waals surface area contributed by atoms with E-state index in [-0.39, 0.29) is 24.7 Å². The summed E-state index contributed by atoms with van der Waals surface area (Å²) in [5.41, 5.74) is 7.28. The van der Waals surface area contributed by atoms with Crippen molar-refractivity contribution in [2.24, 2.45) is 0 Å². The molecule has 3 aliphatic heterocycles. The first-order valence-corrected chi connectivity index (χ1v) is 26.4. The number of imide groups is 2. The molecule has 8 rings (SSSR count). The Bertz CT molecular complexity index is 2850. The van der Waals surface area contributed by atoms with E-state index in [1.807, 2.05) is 75.4 Å². The lowest BCUT2D eigenvalue weighted by molar-refractivity contribution is -0.149. The molecule has 0 saturated carbocycles. The van der Waals surface area contributed by atoms with Crippen LogP contribution in [0.25, 0.3) is 11.0 Å². The molecule has 0 aliphatic carbocycles. The molecule has 5 amide bonds. The van der Waals surface area contributed by atoms with Gasteiger partial charge in [0.25, 0.3) is 27.7 Å². The third kappa shape index (κ3) is 11.4. The van der Waals surface area contributed by atoms with Gasteiger partial charge in [-0.25, -0.2) is 13.4 Å². The number of aromatic nitrogens is 2. The van der Waals surface area contributed by atoms with Crippen LogP contribution in [0.1, 0.15) is 119 Å². The van der Waals surface area contributed by atoms with E-state index >= 15 is 0 Å². The number of nitrogens with zero attached hydrogens (tertiary/aromatic N) is 6. The van der Waals surface area contributed by atoms with Crippen molar-refractivity contribution in [2.75, 3.05) is 55.9 Å². The van der Waals surface area contributed by atoms with Gasteiger partial charge in [0.15, 0.2) is 0 Å². The van der Waals surface area contributed by atoms with Gasteiger partial charge in [-0.1, -0.05) is 73.7 Å². The second-order valence-corrected chi connectivity index (χ2v) is 20.8. The maximum absolute atomic E-state index is 13.5. The minimum Gasteiger partial charge on any atom is -0.369 e. The standard InChI is InChI=1S/C54H66N8O7S/c1-37-32-38(2)51(39(3)33-37)70(68,69)57-41-20-23-46-45(34-41)56-48(61(46)36-40-16-10-8-11-17-40)18-12-6-5-7-14-26-55-49(63)19-13-9-15-27-59-28-30-60(31-29-59)42-21-22-43-44(35-42)53(66)62(52(43)65)47-24-25-50(64)58(4)54(47)67/h8,10-11,16-17,20-23,32-35,47,57H,5-7,9,12-15,18-19,24-31,36H2,1-4H3,(H,55,63). The minimum absolute atomic E-state index is 0.104. The molecule has 70 heavy (non-hydrogen) atoms. The molecule has 0 spiro atoms. The van der Waals surface area contributed by atoms with Crippen LogP contribution >= 0.6 is 0 Å². The number of likely N-dealkylation sites (tertiary alicyclic amines) is 1. The molecule has 4 aromatic carbocycles. The Morgan fingerprint density at radius 3 is 2.21 bits per heavy atom. The molecule has 3 aliphatic rings. The number of hydrogen-bond donors (Lipinski definition) is 2. The van der Waals surface area contributed by atoms with E-state index in [4.69, 9.17) is 4.98 Å². The van der Waals surface area contributed by atoms with Crippen LogP contribution in [0.5, 0.6) is 0 Å². The molecule has 2 saturated heterocycles. The summed E-state index contributed by atoms with van der Waals surface area (Å²) < 4.78 is 32.1. The van der Waals surface area contributed by atoms with Crippen molar-refractivity contribution in [3.8, 4) is 0 Å². The highest BCUT2D eigenvalue weighted by atomic mass is 32.2. The van der Waals surface area contributed by atoms with E-state index in [1.54, 1.807) is 12.1 Å². The van der Waals surface area contributed by atoms with E-state index in [0.29, 0.717) is 52.3 Å². The third-order valence-electron chi connectivity index (χ3n) is 14.0. The number of benzene rings is 4. The van der Waals surface area contributed by atoms with Gasteiger partial charge in [-0.2, -0.15) is 0 Å². The molecule has 1 atom stereocenters. The maximum Gasteiger partial charge on any atom is 0.262 e. The van der Waals surface area contributed by atoms with Crippen LogP contribution < -0.4 is 14.9 Å². The number of likely N-dealkylation sites (N-methyl/N-ethyl adjacent to an activating group) is 1. The lowest BCUT2D eigenvalue weighted by Crippen LogP contribution is -2.54. The monoisotopic (exact) mass is 970 g/mol. The van der Waals surface area contributed by atoms with Crippen molar-refractivity contribution < 1.29 is 32.4 Å². The fourth-order valence-corrected chi connectivity index (χ4v) is 11.8. The van der Waals surface area contributed by atoms with Crippen LogP contribution in [0.2, 0.25) is 0 Å². The molecule has 1 unspecified atom stereocenters. The Morgan fingerprint density at radius 1 is 0.757 bits per heavy atom. The van der Waals surface area contributed by atoms with Crippen LogP contribution in [0, 0.1) is 20.8 Å². The van der Waals surface area contributed by atoms with Gasteiger partial charge in [0.05, 0.1) is 32.7 Å². The zero-order chi connectivity index (χ0) is 49.5. The average molecular weight is 971 g/mol. The van der Waals surface area contributed by atoms with Gasteiger partial charge in [0.1, 0.15) is 11.9 Å². The predicted molar refractivity (Wildman–Crippen MR) is 271 cm³/mol. The molecule has 370 valence electrons. The van der Waals surface area contributed by atoms with Crippen molar-refractivity contribution in [1.82, 2.24) is 29.6 Å². The number of rotatable bonds is 21. The van der Waals surface area contributed by atoms with Gasteiger partial charge in [-0.05, 0) is 113 Å². The number of imidazole rings is 1. The van der Waals surface area contributed by atoms with Crippen molar-refractivity contribution in [1.29, 1.82) is 0 Å². The lowest BCUT2D eigenvalue weighted by Gasteiger charge is -2.36. The largest absolute Gasteiger partial charge is 0.369 e. The van der Waals surface area contributed by atoms with E-state index in [0.717, 1.165) is 128 Å². The zero-order valence-electron chi connectivity index (χ0n) is 41.0. The fraction of sp³-hybridized carbons (Fsp3) is 0.444. The Morgan fingerprint density at radius 2 is 1.46 bits per heavy atom. The van der Waals surface area contributed by atoms with Crippen molar-refractivity contribution in [3.05, 3.63) is 118 Å². The number of anilines is 2. The summed E-state index contributed by atoms with van der Waals surface area (Å²) in [6, 6.07) is 24.0. The summed E-state index contributed by atoms with van der Waals surface area (Å²) in [6.07, 6.45) is 9.46. The SMILES string of the molecule is Cc1cc(C)c(S(=O)(=O)Nc2ccc3c(c2)nc(CCCCCCCNC(=O)CCCCCN2CCN(c4ccc5c(c4)C(=O)N(C4CCC(=O)N(C)C4=O)C5=O)CC2)n3Cc2ccccc2)c(C)c1. The van der Waals surface area contributed by atoms with Crippen LogP contribution in [-0.2, 0) is 37.4 Å². The number of carbonyl (C=O) groups is 5.